The number of ether oxygens (including phenoxy) is 2. The average Bonchev–Trinajstić information content (AvgIpc) is 2.77. The second-order valence-electron chi connectivity index (χ2n) is 7.54. The summed E-state index contributed by atoms with van der Waals surface area (Å²) in [6.07, 6.45) is 0.581. The Labute approximate surface area is 187 Å². The SMILES string of the molecule is COc1cc(OCC(=O)N(CCc2ccccc2)[C@@H](C)C(=O)NC(C)C)ccc1[N+](=O)[O-]. The lowest BCUT2D eigenvalue weighted by Crippen LogP contribution is -2.51. The average molecular weight is 444 g/mol. The number of hydrogen-bond donors (Lipinski definition) is 1. The summed E-state index contributed by atoms with van der Waals surface area (Å²) in [4.78, 5) is 37.5. The van der Waals surface area contributed by atoms with Crippen LogP contribution in [-0.4, -0.2) is 54.0 Å². The van der Waals surface area contributed by atoms with E-state index in [0.717, 1.165) is 5.56 Å². The molecule has 9 heteroatoms. The van der Waals surface area contributed by atoms with Gasteiger partial charge in [0, 0.05) is 24.7 Å². The van der Waals surface area contributed by atoms with Crippen molar-refractivity contribution >= 4 is 17.5 Å². The van der Waals surface area contributed by atoms with Gasteiger partial charge in [-0.1, -0.05) is 30.3 Å². The zero-order chi connectivity index (χ0) is 23.7. The fourth-order valence-electron chi connectivity index (χ4n) is 3.10. The third-order valence-electron chi connectivity index (χ3n) is 4.79. The van der Waals surface area contributed by atoms with Crippen LogP contribution in [0.1, 0.15) is 26.3 Å². The molecule has 2 amide bonds. The van der Waals surface area contributed by atoms with E-state index in [1.54, 1.807) is 6.92 Å². The van der Waals surface area contributed by atoms with Crippen molar-refractivity contribution in [3.63, 3.8) is 0 Å². The highest BCUT2D eigenvalue weighted by molar-refractivity contribution is 5.88. The molecule has 0 aromatic heterocycles. The molecule has 0 spiro atoms. The minimum Gasteiger partial charge on any atom is -0.490 e. The molecule has 32 heavy (non-hydrogen) atoms. The summed E-state index contributed by atoms with van der Waals surface area (Å²) in [5.41, 5.74) is 0.845. The number of hydrogen-bond acceptors (Lipinski definition) is 6. The number of nitro benzene ring substituents is 1. The van der Waals surface area contributed by atoms with Crippen LogP contribution in [0.4, 0.5) is 5.69 Å². The Balaban J connectivity index is 2.12. The number of methoxy groups -OCH3 is 1. The maximum atomic E-state index is 13.0. The quantitative estimate of drug-likeness (QED) is 0.422. The van der Waals surface area contributed by atoms with Crippen LogP contribution in [0, 0.1) is 10.1 Å². The minimum atomic E-state index is -0.691. The van der Waals surface area contributed by atoms with Crippen LogP contribution in [0.2, 0.25) is 0 Å². The fourth-order valence-corrected chi connectivity index (χ4v) is 3.10. The van der Waals surface area contributed by atoms with Crippen molar-refractivity contribution in [3.8, 4) is 11.5 Å². The van der Waals surface area contributed by atoms with Crippen LogP contribution in [-0.2, 0) is 16.0 Å². The van der Waals surface area contributed by atoms with Crippen LogP contribution in [0.15, 0.2) is 48.5 Å². The summed E-state index contributed by atoms with van der Waals surface area (Å²) in [6, 6.07) is 12.9. The first kappa shape index (κ1) is 24.6. The number of benzene rings is 2. The zero-order valence-electron chi connectivity index (χ0n) is 18.7. The van der Waals surface area contributed by atoms with Gasteiger partial charge >= 0.3 is 5.69 Å². The lowest BCUT2D eigenvalue weighted by Gasteiger charge is -2.29. The molecule has 2 aromatic carbocycles. The second-order valence-corrected chi connectivity index (χ2v) is 7.54. The lowest BCUT2D eigenvalue weighted by atomic mass is 10.1. The number of rotatable bonds is 11. The van der Waals surface area contributed by atoms with E-state index in [1.807, 2.05) is 44.2 Å². The Morgan fingerprint density at radius 3 is 2.41 bits per heavy atom. The molecule has 2 rings (SSSR count). The molecule has 0 saturated heterocycles. The van der Waals surface area contributed by atoms with Crippen LogP contribution >= 0.6 is 0 Å². The Bertz CT molecular complexity index is 933. The molecule has 0 aliphatic heterocycles. The van der Waals surface area contributed by atoms with Gasteiger partial charge in [-0.05, 0) is 38.8 Å². The van der Waals surface area contributed by atoms with Gasteiger partial charge in [-0.2, -0.15) is 0 Å². The van der Waals surface area contributed by atoms with Crippen molar-refractivity contribution in [2.75, 3.05) is 20.3 Å². The van der Waals surface area contributed by atoms with E-state index in [4.69, 9.17) is 9.47 Å². The second kappa shape index (κ2) is 11.7. The van der Waals surface area contributed by atoms with Crippen molar-refractivity contribution in [2.45, 2.75) is 39.3 Å². The maximum absolute atomic E-state index is 13.0. The van der Waals surface area contributed by atoms with E-state index in [9.17, 15) is 19.7 Å². The van der Waals surface area contributed by atoms with Gasteiger partial charge in [-0.15, -0.1) is 0 Å². The smallest absolute Gasteiger partial charge is 0.311 e. The lowest BCUT2D eigenvalue weighted by molar-refractivity contribution is -0.385. The van der Waals surface area contributed by atoms with Crippen molar-refractivity contribution in [1.82, 2.24) is 10.2 Å². The van der Waals surface area contributed by atoms with Gasteiger partial charge in [0.2, 0.25) is 11.7 Å². The third-order valence-corrected chi connectivity index (χ3v) is 4.79. The normalized spacial score (nSPS) is 11.5. The van der Waals surface area contributed by atoms with Gasteiger partial charge in [0.1, 0.15) is 11.8 Å². The van der Waals surface area contributed by atoms with Gasteiger partial charge in [0.15, 0.2) is 6.61 Å². The van der Waals surface area contributed by atoms with Crippen LogP contribution in [0.25, 0.3) is 0 Å². The molecule has 2 aromatic rings. The van der Waals surface area contributed by atoms with Crippen molar-refractivity contribution in [2.24, 2.45) is 0 Å². The number of carbonyl (C=O) groups is 2. The largest absolute Gasteiger partial charge is 0.490 e. The Morgan fingerprint density at radius 2 is 1.81 bits per heavy atom. The number of nitrogens with zero attached hydrogens (tertiary/aromatic N) is 2. The summed E-state index contributed by atoms with van der Waals surface area (Å²) < 4.78 is 10.6. The number of nitrogens with one attached hydrogen (secondary N) is 1. The first-order valence-electron chi connectivity index (χ1n) is 10.3. The summed E-state index contributed by atoms with van der Waals surface area (Å²) >= 11 is 0. The van der Waals surface area contributed by atoms with E-state index < -0.39 is 11.0 Å². The Morgan fingerprint density at radius 1 is 1.12 bits per heavy atom. The molecule has 0 saturated carbocycles. The van der Waals surface area contributed by atoms with Gasteiger partial charge in [0.05, 0.1) is 12.0 Å². The van der Waals surface area contributed by atoms with Crippen molar-refractivity contribution in [1.29, 1.82) is 0 Å². The van der Waals surface area contributed by atoms with Crippen molar-refractivity contribution < 1.29 is 24.0 Å². The molecule has 0 bridgehead atoms. The van der Waals surface area contributed by atoms with E-state index in [-0.39, 0.29) is 41.6 Å². The molecule has 0 aliphatic rings. The highest BCUT2D eigenvalue weighted by Crippen LogP contribution is 2.30. The molecule has 0 radical (unpaired) electrons. The van der Waals surface area contributed by atoms with Crippen LogP contribution in [0.5, 0.6) is 11.5 Å². The van der Waals surface area contributed by atoms with E-state index in [0.29, 0.717) is 13.0 Å². The molecule has 0 fully saturated rings. The molecular formula is C23H29N3O6. The molecule has 0 heterocycles. The zero-order valence-corrected chi connectivity index (χ0v) is 18.7. The van der Waals surface area contributed by atoms with Gasteiger partial charge in [-0.3, -0.25) is 19.7 Å². The highest BCUT2D eigenvalue weighted by Gasteiger charge is 2.26. The topological polar surface area (TPSA) is 111 Å². The minimum absolute atomic E-state index is 0.0329. The van der Waals surface area contributed by atoms with E-state index in [1.165, 1.54) is 30.2 Å². The number of amides is 2. The van der Waals surface area contributed by atoms with Gasteiger partial charge < -0.3 is 19.7 Å². The highest BCUT2D eigenvalue weighted by atomic mass is 16.6. The van der Waals surface area contributed by atoms with Crippen LogP contribution < -0.4 is 14.8 Å². The first-order chi connectivity index (χ1) is 15.2. The Hall–Kier alpha value is -3.62. The molecular weight excluding hydrogens is 414 g/mol. The predicted octanol–water partition coefficient (Wildman–Crippen LogP) is 2.97. The van der Waals surface area contributed by atoms with Crippen LogP contribution in [0.3, 0.4) is 0 Å². The summed E-state index contributed by atoms with van der Waals surface area (Å²) in [5, 5.41) is 13.9. The van der Waals surface area contributed by atoms with E-state index >= 15 is 0 Å². The molecule has 0 unspecified atom stereocenters. The third kappa shape index (κ3) is 6.97. The summed E-state index contributed by atoms with van der Waals surface area (Å²) in [5.74, 6) is -0.336. The first-order valence-corrected chi connectivity index (χ1v) is 10.3. The Kier molecular flexibility index (Phi) is 9.00. The molecule has 1 N–H and O–H groups in total. The maximum Gasteiger partial charge on any atom is 0.311 e. The molecule has 172 valence electrons. The van der Waals surface area contributed by atoms with Gasteiger partial charge in [0.25, 0.3) is 5.91 Å². The van der Waals surface area contributed by atoms with E-state index in [2.05, 4.69) is 5.32 Å². The fraction of sp³-hybridized carbons (Fsp3) is 0.391. The van der Waals surface area contributed by atoms with Gasteiger partial charge in [-0.25, -0.2) is 0 Å². The standard InChI is InChI=1S/C23H29N3O6/c1-16(2)24-23(28)17(3)25(13-12-18-8-6-5-7-9-18)22(27)15-32-19-10-11-20(26(29)30)21(14-19)31-4/h5-11,14,16-17H,12-13,15H2,1-4H3,(H,24,28)/t17-/m0/s1. The molecule has 9 nitrogen and oxygen atoms in total. The number of nitro groups is 1. The van der Waals surface area contributed by atoms with Crippen molar-refractivity contribution in [3.05, 3.63) is 64.2 Å². The summed E-state index contributed by atoms with van der Waals surface area (Å²) in [7, 11) is 1.32. The predicted molar refractivity (Wildman–Crippen MR) is 120 cm³/mol. The number of carbonyl (C=O) groups excluding carboxylic acids is 2. The molecule has 1 atom stereocenters. The monoisotopic (exact) mass is 443 g/mol. The summed E-state index contributed by atoms with van der Waals surface area (Å²) in [6.45, 7) is 5.39. The molecule has 0 aliphatic carbocycles.